The number of para-hydroxylation sites is 1. The molecular weight excluding hydrogens is 326 g/mol. The fraction of sp³-hybridized carbons (Fsp3) is 0.263. The Balaban J connectivity index is 2.11. The van der Waals surface area contributed by atoms with E-state index in [4.69, 9.17) is 0 Å². The van der Waals surface area contributed by atoms with Crippen molar-refractivity contribution in [1.82, 2.24) is 0 Å². The molecule has 0 saturated carbocycles. The molecule has 0 aliphatic rings. The Labute approximate surface area is 145 Å². The molecule has 6 heteroatoms. The number of hydrogen-bond donors (Lipinski definition) is 0. The maximum atomic E-state index is 13.4. The average Bonchev–Trinajstić information content (AvgIpc) is 2.59. The van der Waals surface area contributed by atoms with Crippen molar-refractivity contribution in [3.05, 3.63) is 60.2 Å². The zero-order valence-electron chi connectivity index (χ0n) is 14.2. The fourth-order valence-corrected chi connectivity index (χ4v) is 2.57. The standard InChI is InChI=1S/C19H20F2N2O2/c1-3-22(15-7-5-4-6-8-15)19(25)11-12-23(14(2)24)16-9-10-17(20)18(21)13-16/h4-10,13H,3,11-12H2,1-2H3. The third-order valence-electron chi connectivity index (χ3n) is 3.83. The van der Waals surface area contributed by atoms with Crippen molar-refractivity contribution in [2.24, 2.45) is 0 Å². The number of rotatable bonds is 6. The molecular formula is C19H20F2N2O2. The highest BCUT2D eigenvalue weighted by Crippen LogP contribution is 2.20. The molecule has 0 fully saturated rings. The highest BCUT2D eigenvalue weighted by Gasteiger charge is 2.18. The number of amides is 2. The third kappa shape index (κ3) is 4.62. The monoisotopic (exact) mass is 346 g/mol. The minimum Gasteiger partial charge on any atom is -0.313 e. The van der Waals surface area contributed by atoms with Gasteiger partial charge in [0.15, 0.2) is 11.6 Å². The molecule has 0 atom stereocenters. The van der Waals surface area contributed by atoms with Crippen LogP contribution in [-0.4, -0.2) is 24.9 Å². The molecule has 2 amide bonds. The molecule has 2 aromatic rings. The SMILES string of the molecule is CCN(C(=O)CCN(C(C)=O)c1ccc(F)c(F)c1)c1ccccc1. The quantitative estimate of drug-likeness (QED) is 0.799. The number of anilines is 2. The highest BCUT2D eigenvalue weighted by atomic mass is 19.2. The average molecular weight is 346 g/mol. The summed E-state index contributed by atoms with van der Waals surface area (Å²) in [4.78, 5) is 27.2. The molecule has 132 valence electrons. The molecule has 2 rings (SSSR count). The van der Waals surface area contributed by atoms with Gasteiger partial charge in [0.05, 0.1) is 0 Å². The van der Waals surface area contributed by atoms with Gasteiger partial charge in [-0.25, -0.2) is 8.78 Å². The van der Waals surface area contributed by atoms with Crippen molar-refractivity contribution in [2.75, 3.05) is 22.9 Å². The first kappa shape index (κ1) is 18.6. The summed E-state index contributed by atoms with van der Waals surface area (Å²) in [5.41, 5.74) is 0.999. The van der Waals surface area contributed by atoms with Crippen LogP contribution < -0.4 is 9.80 Å². The van der Waals surface area contributed by atoms with Gasteiger partial charge in [0.2, 0.25) is 11.8 Å². The van der Waals surface area contributed by atoms with Crippen LogP contribution in [0.25, 0.3) is 0 Å². The maximum absolute atomic E-state index is 13.4. The molecule has 0 heterocycles. The molecule has 0 bridgehead atoms. The van der Waals surface area contributed by atoms with Gasteiger partial charge in [-0.3, -0.25) is 9.59 Å². The van der Waals surface area contributed by atoms with E-state index in [1.807, 2.05) is 37.3 Å². The van der Waals surface area contributed by atoms with Crippen molar-refractivity contribution >= 4 is 23.2 Å². The molecule has 2 aromatic carbocycles. The normalized spacial score (nSPS) is 10.4. The highest BCUT2D eigenvalue weighted by molar-refractivity contribution is 5.96. The Morgan fingerprint density at radius 1 is 0.920 bits per heavy atom. The maximum Gasteiger partial charge on any atom is 0.228 e. The Morgan fingerprint density at radius 3 is 2.16 bits per heavy atom. The smallest absolute Gasteiger partial charge is 0.228 e. The predicted molar refractivity (Wildman–Crippen MR) is 93.5 cm³/mol. The summed E-state index contributed by atoms with van der Waals surface area (Å²) in [7, 11) is 0. The minimum absolute atomic E-state index is 0.0707. The van der Waals surface area contributed by atoms with Crippen molar-refractivity contribution < 1.29 is 18.4 Å². The van der Waals surface area contributed by atoms with E-state index < -0.39 is 11.6 Å². The van der Waals surface area contributed by atoms with E-state index in [1.165, 1.54) is 17.9 Å². The largest absolute Gasteiger partial charge is 0.313 e. The van der Waals surface area contributed by atoms with Crippen LogP contribution in [0.3, 0.4) is 0 Å². The molecule has 0 unspecified atom stereocenters. The van der Waals surface area contributed by atoms with E-state index in [2.05, 4.69) is 0 Å². The van der Waals surface area contributed by atoms with Gasteiger partial charge in [-0.05, 0) is 31.2 Å². The summed E-state index contributed by atoms with van der Waals surface area (Å²) < 4.78 is 26.5. The van der Waals surface area contributed by atoms with Gasteiger partial charge in [0, 0.05) is 43.9 Å². The van der Waals surface area contributed by atoms with E-state index in [-0.39, 0.29) is 30.5 Å². The molecule has 25 heavy (non-hydrogen) atoms. The lowest BCUT2D eigenvalue weighted by molar-refractivity contribution is -0.118. The number of halogens is 2. The lowest BCUT2D eigenvalue weighted by Crippen LogP contribution is -2.36. The number of benzene rings is 2. The van der Waals surface area contributed by atoms with Gasteiger partial charge >= 0.3 is 0 Å². The molecule has 0 aliphatic carbocycles. The molecule has 4 nitrogen and oxygen atoms in total. The number of carbonyl (C=O) groups is 2. The van der Waals surface area contributed by atoms with E-state index in [9.17, 15) is 18.4 Å². The van der Waals surface area contributed by atoms with Gasteiger partial charge in [-0.1, -0.05) is 18.2 Å². The molecule has 0 N–H and O–H groups in total. The van der Waals surface area contributed by atoms with Crippen LogP contribution in [0.5, 0.6) is 0 Å². The molecule has 0 radical (unpaired) electrons. The predicted octanol–water partition coefficient (Wildman–Crippen LogP) is 3.76. The van der Waals surface area contributed by atoms with Crippen LogP contribution in [0.4, 0.5) is 20.2 Å². The molecule has 0 spiro atoms. The van der Waals surface area contributed by atoms with E-state index in [0.29, 0.717) is 6.54 Å². The van der Waals surface area contributed by atoms with Crippen LogP contribution in [0, 0.1) is 11.6 Å². The first-order valence-electron chi connectivity index (χ1n) is 8.02. The summed E-state index contributed by atoms with van der Waals surface area (Å²) in [5, 5.41) is 0. The lowest BCUT2D eigenvalue weighted by atomic mass is 10.2. The fourth-order valence-electron chi connectivity index (χ4n) is 2.57. The van der Waals surface area contributed by atoms with Gasteiger partial charge in [-0.2, -0.15) is 0 Å². The van der Waals surface area contributed by atoms with E-state index in [1.54, 1.807) is 4.90 Å². The second kappa shape index (κ2) is 8.37. The number of hydrogen-bond acceptors (Lipinski definition) is 2. The van der Waals surface area contributed by atoms with Crippen molar-refractivity contribution in [3.63, 3.8) is 0 Å². The van der Waals surface area contributed by atoms with Crippen LogP contribution in [0.15, 0.2) is 48.5 Å². The summed E-state index contributed by atoms with van der Waals surface area (Å²) >= 11 is 0. The van der Waals surface area contributed by atoms with Gasteiger partial charge in [0.25, 0.3) is 0 Å². The van der Waals surface area contributed by atoms with Crippen molar-refractivity contribution in [1.29, 1.82) is 0 Å². The zero-order valence-corrected chi connectivity index (χ0v) is 14.2. The topological polar surface area (TPSA) is 40.6 Å². The first-order valence-corrected chi connectivity index (χ1v) is 8.02. The Bertz CT molecular complexity index is 750. The van der Waals surface area contributed by atoms with Crippen LogP contribution in [0.1, 0.15) is 20.3 Å². The van der Waals surface area contributed by atoms with Gasteiger partial charge in [-0.15, -0.1) is 0 Å². The molecule has 0 aliphatic heterocycles. The summed E-state index contributed by atoms with van der Waals surface area (Å²) in [6.45, 7) is 3.76. The third-order valence-corrected chi connectivity index (χ3v) is 3.83. The number of carbonyl (C=O) groups excluding carboxylic acids is 2. The molecule has 0 aromatic heterocycles. The lowest BCUT2D eigenvalue weighted by Gasteiger charge is -2.25. The van der Waals surface area contributed by atoms with Crippen LogP contribution >= 0.6 is 0 Å². The summed E-state index contributed by atoms with van der Waals surface area (Å²) in [6, 6.07) is 12.4. The number of nitrogens with zero attached hydrogens (tertiary/aromatic N) is 2. The van der Waals surface area contributed by atoms with E-state index >= 15 is 0 Å². The Morgan fingerprint density at radius 2 is 1.60 bits per heavy atom. The second-order valence-corrected chi connectivity index (χ2v) is 5.49. The van der Waals surface area contributed by atoms with Crippen LogP contribution in [-0.2, 0) is 9.59 Å². The Kier molecular flexibility index (Phi) is 6.22. The second-order valence-electron chi connectivity index (χ2n) is 5.49. The first-order chi connectivity index (χ1) is 11.9. The van der Waals surface area contributed by atoms with Crippen molar-refractivity contribution in [3.8, 4) is 0 Å². The zero-order chi connectivity index (χ0) is 18.4. The van der Waals surface area contributed by atoms with Crippen molar-refractivity contribution in [2.45, 2.75) is 20.3 Å². The van der Waals surface area contributed by atoms with E-state index in [0.717, 1.165) is 17.8 Å². The summed E-state index contributed by atoms with van der Waals surface area (Å²) in [6.07, 6.45) is 0.0707. The summed E-state index contributed by atoms with van der Waals surface area (Å²) in [5.74, 6) is -2.51. The minimum atomic E-state index is -1.03. The van der Waals surface area contributed by atoms with Gasteiger partial charge < -0.3 is 9.80 Å². The van der Waals surface area contributed by atoms with Gasteiger partial charge in [0.1, 0.15) is 0 Å². The van der Waals surface area contributed by atoms with Crippen LogP contribution in [0.2, 0.25) is 0 Å². The molecule has 0 saturated heterocycles. The Hall–Kier alpha value is -2.76.